The van der Waals surface area contributed by atoms with Crippen molar-refractivity contribution >= 4 is 17.2 Å². The van der Waals surface area contributed by atoms with Crippen LogP contribution < -0.4 is 5.32 Å². The van der Waals surface area contributed by atoms with Crippen LogP contribution in [-0.2, 0) is 35.3 Å². The van der Waals surface area contributed by atoms with Gasteiger partial charge in [0.25, 0.3) is 0 Å². The third-order valence-electron chi connectivity index (χ3n) is 5.60. The Morgan fingerprint density at radius 2 is 2.11 bits per heavy atom. The molecule has 3 heterocycles. The van der Waals surface area contributed by atoms with Crippen molar-refractivity contribution in [2.24, 2.45) is 0 Å². The van der Waals surface area contributed by atoms with Crippen LogP contribution in [0.5, 0.6) is 0 Å². The average Bonchev–Trinajstić information content (AvgIpc) is 3.44. The molecule has 0 bridgehead atoms. The lowest BCUT2D eigenvalue weighted by Crippen LogP contribution is -2.27. The van der Waals surface area contributed by atoms with Gasteiger partial charge in [-0.25, -0.2) is 4.68 Å². The summed E-state index contributed by atoms with van der Waals surface area (Å²) in [5.41, 5.74) is 5.99. The SMILES string of the molecule is O=C(CC1OCCc2ccsc21)NCc1nn(-c2ccccc2)c2c1CCC2. The summed E-state index contributed by atoms with van der Waals surface area (Å²) < 4.78 is 7.90. The number of aromatic nitrogens is 2. The minimum atomic E-state index is -0.114. The summed E-state index contributed by atoms with van der Waals surface area (Å²) >= 11 is 1.69. The number of benzene rings is 1. The molecule has 5 rings (SSSR count). The second kappa shape index (κ2) is 7.53. The van der Waals surface area contributed by atoms with Gasteiger partial charge < -0.3 is 10.1 Å². The van der Waals surface area contributed by atoms with Crippen molar-refractivity contribution in [1.29, 1.82) is 0 Å². The second-order valence-electron chi connectivity index (χ2n) is 7.37. The van der Waals surface area contributed by atoms with Gasteiger partial charge in [0.2, 0.25) is 5.91 Å². The predicted molar refractivity (Wildman–Crippen MR) is 109 cm³/mol. The fraction of sp³-hybridized carbons (Fsp3) is 0.364. The van der Waals surface area contributed by atoms with Gasteiger partial charge in [-0.3, -0.25) is 4.79 Å². The lowest BCUT2D eigenvalue weighted by Gasteiger charge is -2.22. The van der Waals surface area contributed by atoms with Crippen molar-refractivity contribution in [2.45, 2.75) is 44.8 Å². The molecule has 1 N–H and O–H groups in total. The van der Waals surface area contributed by atoms with Gasteiger partial charge in [0.1, 0.15) is 6.10 Å². The van der Waals surface area contributed by atoms with Gasteiger partial charge in [-0.1, -0.05) is 18.2 Å². The van der Waals surface area contributed by atoms with E-state index in [9.17, 15) is 4.79 Å². The molecule has 1 atom stereocenters. The third kappa shape index (κ3) is 3.27. The Morgan fingerprint density at radius 1 is 1.21 bits per heavy atom. The molecule has 0 radical (unpaired) electrons. The molecule has 3 aromatic rings. The highest BCUT2D eigenvalue weighted by Gasteiger charge is 2.26. The number of rotatable bonds is 5. The summed E-state index contributed by atoms with van der Waals surface area (Å²) in [7, 11) is 0. The smallest absolute Gasteiger partial charge is 0.223 e. The molecule has 1 aromatic carbocycles. The molecular weight excluding hydrogens is 370 g/mol. The molecule has 0 spiro atoms. The summed E-state index contributed by atoms with van der Waals surface area (Å²) in [5, 5.41) is 9.98. The van der Waals surface area contributed by atoms with E-state index >= 15 is 0 Å². The van der Waals surface area contributed by atoms with Crippen LogP contribution in [-0.4, -0.2) is 22.3 Å². The normalized spacial score (nSPS) is 17.9. The molecule has 1 unspecified atom stereocenters. The molecular formula is C22H23N3O2S. The second-order valence-corrected chi connectivity index (χ2v) is 8.32. The fourth-order valence-electron chi connectivity index (χ4n) is 4.24. The van der Waals surface area contributed by atoms with Gasteiger partial charge in [0.15, 0.2) is 0 Å². The Morgan fingerprint density at radius 3 is 3.00 bits per heavy atom. The molecule has 2 aromatic heterocycles. The van der Waals surface area contributed by atoms with E-state index < -0.39 is 0 Å². The number of carbonyl (C=O) groups is 1. The van der Waals surface area contributed by atoms with Crippen LogP contribution >= 0.6 is 11.3 Å². The lowest BCUT2D eigenvalue weighted by atomic mass is 10.1. The van der Waals surface area contributed by atoms with Crippen LogP contribution in [0.2, 0.25) is 0 Å². The summed E-state index contributed by atoms with van der Waals surface area (Å²) in [6.07, 6.45) is 4.43. The summed E-state index contributed by atoms with van der Waals surface area (Å²) in [4.78, 5) is 13.8. The maximum absolute atomic E-state index is 12.6. The topological polar surface area (TPSA) is 56.1 Å². The maximum Gasteiger partial charge on any atom is 0.223 e. The quantitative estimate of drug-likeness (QED) is 0.718. The van der Waals surface area contributed by atoms with Gasteiger partial charge in [-0.2, -0.15) is 5.10 Å². The van der Waals surface area contributed by atoms with Crippen LogP contribution in [0.4, 0.5) is 0 Å². The van der Waals surface area contributed by atoms with E-state index in [-0.39, 0.29) is 12.0 Å². The number of hydrogen-bond acceptors (Lipinski definition) is 4. The molecule has 1 aliphatic heterocycles. The highest BCUT2D eigenvalue weighted by molar-refractivity contribution is 7.10. The molecule has 144 valence electrons. The molecule has 2 aliphatic rings. The van der Waals surface area contributed by atoms with Crippen molar-refractivity contribution < 1.29 is 9.53 Å². The van der Waals surface area contributed by atoms with Gasteiger partial charge >= 0.3 is 0 Å². The Hall–Kier alpha value is -2.44. The number of thiophene rings is 1. The zero-order valence-corrected chi connectivity index (χ0v) is 16.5. The average molecular weight is 394 g/mol. The number of ether oxygens (including phenoxy) is 1. The number of hydrogen-bond donors (Lipinski definition) is 1. The van der Waals surface area contributed by atoms with Crippen LogP contribution in [0.3, 0.4) is 0 Å². The maximum atomic E-state index is 12.6. The predicted octanol–water partition coefficient (Wildman–Crippen LogP) is 3.74. The first-order chi connectivity index (χ1) is 13.8. The highest BCUT2D eigenvalue weighted by Crippen LogP contribution is 2.34. The van der Waals surface area contributed by atoms with Gasteiger partial charge in [0, 0.05) is 10.6 Å². The zero-order chi connectivity index (χ0) is 18.9. The molecule has 0 saturated heterocycles. The number of carbonyl (C=O) groups excluding carboxylic acids is 1. The first-order valence-corrected chi connectivity index (χ1v) is 10.8. The Balaban J connectivity index is 1.28. The van der Waals surface area contributed by atoms with Crippen molar-refractivity contribution in [1.82, 2.24) is 15.1 Å². The molecule has 28 heavy (non-hydrogen) atoms. The van der Waals surface area contributed by atoms with E-state index in [1.807, 2.05) is 22.9 Å². The molecule has 5 nitrogen and oxygen atoms in total. The zero-order valence-electron chi connectivity index (χ0n) is 15.7. The fourth-order valence-corrected chi connectivity index (χ4v) is 5.24. The van der Waals surface area contributed by atoms with E-state index in [1.165, 1.54) is 21.7 Å². The van der Waals surface area contributed by atoms with Gasteiger partial charge in [-0.05, 0) is 60.4 Å². The molecule has 1 amide bonds. The summed E-state index contributed by atoms with van der Waals surface area (Å²) in [5.74, 6) is 0.0206. The van der Waals surface area contributed by atoms with E-state index in [1.54, 1.807) is 11.3 Å². The van der Waals surface area contributed by atoms with Crippen LogP contribution in [0, 0.1) is 0 Å². The lowest BCUT2D eigenvalue weighted by molar-refractivity contribution is -0.124. The summed E-state index contributed by atoms with van der Waals surface area (Å²) in [6, 6.07) is 12.4. The molecule has 6 heteroatoms. The van der Waals surface area contributed by atoms with Crippen molar-refractivity contribution in [2.75, 3.05) is 6.61 Å². The summed E-state index contributed by atoms with van der Waals surface area (Å²) in [6.45, 7) is 1.17. The number of amides is 1. The minimum absolute atomic E-state index is 0.0206. The van der Waals surface area contributed by atoms with E-state index in [2.05, 4.69) is 28.9 Å². The van der Waals surface area contributed by atoms with Crippen molar-refractivity contribution in [3.8, 4) is 5.69 Å². The third-order valence-corrected chi connectivity index (χ3v) is 6.65. The van der Waals surface area contributed by atoms with Crippen molar-refractivity contribution in [3.63, 3.8) is 0 Å². The standard InChI is InChI=1S/C22H23N3O2S/c26-21(13-20-22-15(9-11-27-20)10-12-28-22)23-14-18-17-7-4-8-19(17)25(24-18)16-5-2-1-3-6-16/h1-3,5-6,10,12,20H,4,7-9,11,13-14H2,(H,23,26). The first kappa shape index (κ1) is 17.6. The van der Waals surface area contributed by atoms with Crippen molar-refractivity contribution in [3.05, 3.63) is 69.2 Å². The van der Waals surface area contributed by atoms with E-state index in [0.29, 0.717) is 19.6 Å². The Labute approximate surface area is 168 Å². The van der Waals surface area contributed by atoms with Crippen LogP contribution in [0.15, 0.2) is 41.8 Å². The highest BCUT2D eigenvalue weighted by atomic mass is 32.1. The van der Waals surface area contributed by atoms with Gasteiger partial charge in [-0.15, -0.1) is 11.3 Å². The Bertz CT molecular complexity index is 993. The molecule has 0 saturated carbocycles. The number of nitrogens with zero attached hydrogens (tertiary/aromatic N) is 2. The monoisotopic (exact) mass is 393 g/mol. The molecule has 0 fully saturated rings. The van der Waals surface area contributed by atoms with Gasteiger partial charge in [0.05, 0.1) is 31.0 Å². The minimum Gasteiger partial charge on any atom is -0.372 e. The van der Waals surface area contributed by atoms with E-state index in [4.69, 9.17) is 9.84 Å². The van der Waals surface area contributed by atoms with Crippen LogP contribution in [0.1, 0.15) is 46.3 Å². The first-order valence-electron chi connectivity index (χ1n) is 9.89. The Kier molecular flexibility index (Phi) is 4.74. The van der Waals surface area contributed by atoms with E-state index in [0.717, 1.165) is 37.1 Å². The molecule has 1 aliphatic carbocycles. The number of para-hydroxylation sites is 1. The number of nitrogens with one attached hydrogen (secondary N) is 1. The number of fused-ring (bicyclic) bond motifs is 2. The van der Waals surface area contributed by atoms with Crippen LogP contribution in [0.25, 0.3) is 5.69 Å². The largest absolute Gasteiger partial charge is 0.372 e.